The molecule has 0 amide bonds. The third-order valence-electron chi connectivity index (χ3n) is 3.32. The molecular weight excluding hydrogens is 236 g/mol. The minimum Gasteiger partial charge on any atom is -0.378 e. The Kier molecular flexibility index (Phi) is 4.66. The first-order valence-corrected chi connectivity index (χ1v) is 6.51. The van der Waals surface area contributed by atoms with Crippen molar-refractivity contribution in [3.63, 3.8) is 0 Å². The highest BCUT2D eigenvalue weighted by atomic mass is 19.1. The fourth-order valence-electron chi connectivity index (χ4n) is 2.49. The van der Waals surface area contributed by atoms with E-state index in [1.54, 1.807) is 0 Å². The zero-order valence-corrected chi connectivity index (χ0v) is 10.6. The summed E-state index contributed by atoms with van der Waals surface area (Å²) in [4.78, 5) is 0. The number of ether oxygens (including phenoxy) is 1. The molecule has 1 saturated heterocycles. The molecule has 1 aliphatic heterocycles. The molecule has 1 fully saturated rings. The molecule has 0 aliphatic carbocycles. The first-order valence-electron chi connectivity index (χ1n) is 6.51. The number of benzene rings is 1. The van der Waals surface area contributed by atoms with E-state index in [4.69, 9.17) is 4.74 Å². The van der Waals surface area contributed by atoms with E-state index in [1.807, 2.05) is 6.92 Å². The Labute approximate surface area is 106 Å². The standard InChI is InChI=1S/C14H19F2NO/c1-2-17-13(9-10-5-4-8-18-10)14-11(15)6-3-7-12(14)16/h3,6-7,10,13,17H,2,4-5,8-9H2,1H3. The van der Waals surface area contributed by atoms with Gasteiger partial charge in [-0.1, -0.05) is 13.0 Å². The summed E-state index contributed by atoms with van der Waals surface area (Å²) in [6.45, 7) is 3.36. The smallest absolute Gasteiger partial charge is 0.130 e. The van der Waals surface area contributed by atoms with Gasteiger partial charge in [-0.15, -0.1) is 0 Å². The fraction of sp³-hybridized carbons (Fsp3) is 0.571. The maximum absolute atomic E-state index is 13.8. The lowest BCUT2D eigenvalue weighted by Crippen LogP contribution is -2.27. The molecule has 1 aliphatic rings. The SMILES string of the molecule is CCNC(CC1CCCO1)c1c(F)cccc1F. The van der Waals surface area contributed by atoms with Crippen molar-refractivity contribution < 1.29 is 13.5 Å². The summed E-state index contributed by atoms with van der Waals surface area (Å²) >= 11 is 0. The average Bonchev–Trinajstić information content (AvgIpc) is 2.82. The molecule has 0 bridgehead atoms. The van der Waals surface area contributed by atoms with Crippen LogP contribution in [0.3, 0.4) is 0 Å². The molecule has 0 radical (unpaired) electrons. The Morgan fingerprint density at radius 2 is 2.11 bits per heavy atom. The minimum atomic E-state index is -0.487. The van der Waals surface area contributed by atoms with Crippen LogP contribution in [0, 0.1) is 11.6 Å². The summed E-state index contributed by atoms with van der Waals surface area (Å²) in [5.74, 6) is -0.974. The van der Waals surface area contributed by atoms with Crippen LogP contribution < -0.4 is 5.32 Å². The number of nitrogens with one attached hydrogen (secondary N) is 1. The molecular formula is C14H19F2NO. The van der Waals surface area contributed by atoms with E-state index >= 15 is 0 Å². The van der Waals surface area contributed by atoms with Crippen LogP contribution in [0.1, 0.15) is 37.8 Å². The molecule has 2 unspecified atom stereocenters. The van der Waals surface area contributed by atoms with E-state index in [-0.39, 0.29) is 17.7 Å². The topological polar surface area (TPSA) is 21.3 Å². The molecule has 0 spiro atoms. The maximum Gasteiger partial charge on any atom is 0.130 e. The monoisotopic (exact) mass is 255 g/mol. The minimum absolute atomic E-state index is 0.105. The average molecular weight is 255 g/mol. The van der Waals surface area contributed by atoms with Gasteiger partial charge in [0.15, 0.2) is 0 Å². The van der Waals surface area contributed by atoms with E-state index in [2.05, 4.69) is 5.32 Å². The van der Waals surface area contributed by atoms with Gasteiger partial charge in [0, 0.05) is 18.2 Å². The van der Waals surface area contributed by atoms with Crippen LogP contribution in [-0.2, 0) is 4.74 Å². The van der Waals surface area contributed by atoms with Crippen LogP contribution in [0.25, 0.3) is 0 Å². The molecule has 18 heavy (non-hydrogen) atoms. The van der Waals surface area contributed by atoms with Crippen LogP contribution in [-0.4, -0.2) is 19.3 Å². The van der Waals surface area contributed by atoms with Crippen LogP contribution in [0.4, 0.5) is 8.78 Å². The molecule has 1 heterocycles. The molecule has 0 aromatic heterocycles. The van der Waals surface area contributed by atoms with Crippen molar-refractivity contribution in [1.29, 1.82) is 0 Å². The molecule has 2 rings (SSSR count). The zero-order chi connectivity index (χ0) is 13.0. The zero-order valence-electron chi connectivity index (χ0n) is 10.6. The predicted octanol–water partition coefficient (Wildman–Crippen LogP) is 3.18. The predicted molar refractivity (Wildman–Crippen MR) is 66.4 cm³/mol. The highest BCUT2D eigenvalue weighted by Crippen LogP contribution is 2.28. The second-order valence-corrected chi connectivity index (χ2v) is 4.62. The van der Waals surface area contributed by atoms with Crippen LogP contribution >= 0.6 is 0 Å². The van der Waals surface area contributed by atoms with Gasteiger partial charge in [-0.2, -0.15) is 0 Å². The van der Waals surface area contributed by atoms with Crippen molar-refractivity contribution in [3.05, 3.63) is 35.4 Å². The first kappa shape index (κ1) is 13.4. The summed E-state index contributed by atoms with van der Waals surface area (Å²) in [5, 5.41) is 3.15. The number of halogens is 2. The van der Waals surface area contributed by atoms with Crippen molar-refractivity contribution >= 4 is 0 Å². The number of hydrogen-bond acceptors (Lipinski definition) is 2. The highest BCUT2D eigenvalue weighted by Gasteiger charge is 2.25. The van der Waals surface area contributed by atoms with E-state index in [9.17, 15) is 8.78 Å². The quantitative estimate of drug-likeness (QED) is 0.872. The van der Waals surface area contributed by atoms with Gasteiger partial charge in [0.1, 0.15) is 11.6 Å². The Bertz CT molecular complexity index is 371. The van der Waals surface area contributed by atoms with Gasteiger partial charge in [0.25, 0.3) is 0 Å². The Balaban J connectivity index is 2.17. The van der Waals surface area contributed by atoms with Gasteiger partial charge in [0.2, 0.25) is 0 Å². The number of rotatable bonds is 5. The summed E-state index contributed by atoms with van der Waals surface area (Å²) in [7, 11) is 0. The summed E-state index contributed by atoms with van der Waals surface area (Å²) in [6.07, 6.45) is 2.72. The summed E-state index contributed by atoms with van der Waals surface area (Å²) < 4.78 is 33.1. The van der Waals surface area contributed by atoms with Crippen LogP contribution in [0.5, 0.6) is 0 Å². The molecule has 2 nitrogen and oxygen atoms in total. The Morgan fingerprint density at radius 3 is 2.67 bits per heavy atom. The lowest BCUT2D eigenvalue weighted by Gasteiger charge is -2.22. The normalized spacial score (nSPS) is 21.2. The van der Waals surface area contributed by atoms with Gasteiger partial charge >= 0.3 is 0 Å². The third kappa shape index (κ3) is 3.06. The van der Waals surface area contributed by atoms with Crippen LogP contribution in [0.15, 0.2) is 18.2 Å². The van der Waals surface area contributed by atoms with Crippen molar-refractivity contribution in [1.82, 2.24) is 5.32 Å². The largest absolute Gasteiger partial charge is 0.378 e. The van der Waals surface area contributed by atoms with Gasteiger partial charge in [0.05, 0.1) is 6.10 Å². The van der Waals surface area contributed by atoms with Gasteiger partial charge in [-0.05, 0) is 37.9 Å². The molecule has 2 atom stereocenters. The van der Waals surface area contributed by atoms with Gasteiger partial charge in [-0.25, -0.2) is 8.78 Å². The van der Waals surface area contributed by atoms with Crippen molar-refractivity contribution in [2.75, 3.05) is 13.2 Å². The maximum atomic E-state index is 13.8. The Morgan fingerprint density at radius 1 is 1.39 bits per heavy atom. The van der Waals surface area contributed by atoms with E-state index in [0.717, 1.165) is 19.4 Å². The van der Waals surface area contributed by atoms with Crippen LogP contribution in [0.2, 0.25) is 0 Å². The van der Waals surface area contributed by atoms with E-state index in [1.165, 1.54) is 18.2 Å². The Hall–Kier alpha value is -1.00. The lowest BCUT2D eigenvalue weighted by atomic mass is 9.98. The van der Waals surface area contributed by atoms with Gasteiger partial charge < -0.3 is 10.1 Å². The van der Waals surface area contributed by atoms with E-state index in [0.29, 0.717) is 13.0 Å². The first-order chi connectivity index (χ1) is 8.72. The highest BCUT2D eigenvalue weighted by molar-refractivity contribution is 5.23. The number of hydrogen-bond donors (Lipinski definition) is 1. The van der Waals surface area contributed by atoms with E-state index < -0.39 is 11.6 Å². The lowest BCUT2D eigenvalue weighted by molar-refractivity contribution is 0.0940. The molecule has 0 saturated carbocycles. The third-order valence-corrected chi connectivity index (χ3v) is 3.32. The molecule has 4 heteroatoms. The molecule has 100 valence electrons. The molecule has 1 N–H and O–H groups in total. The van der Waals surface area contributed by atoms with Crippen molar-refractivity contribution in [3.8, 4) is 0 Å². The fourth-order valence-corrected chi connectivity index (χ4v) is 2.49. The second kappa shape index (κ2) is 6.25. The second-order valence-electron chi connectivity index (χ2n) is 4.62. The summed E-state index contributed by atoms with van der Waals surface area (Å²) in [6, 6.07) is 3.68. The summed E-state index contributed by atoms with van der Waals surface area (Å²) in [5.41, 5.74) is 0.134. The molecule has 1 aromatic rings. The van der Waals surface area contributed by atoms with Crippen molar-refractivity contribution in [2.45, 2.75) is 38.3 Å². The molecule has 1 aromatic carbocycles. The van der Waals surface area contributed by atoms with Crippen molar-refractivity contribution in [2.24, 2.45) is 0 Å². The van der Waals surface area contributed by atoms with Gasteiger partial charge in [-0.3, -0.25) is 0 Å².